The monoisotopic (exact) mass is 304 g/mol. The minimum atomic E-state index is -0.341. The van der Waals surface area contributed by atoms with E-state index in [1.165, 1.54) is 11.3 Å². The van der Waals surface area contributed by atoms with Gasteiger partial charge in [0.2, 0.25) is 5.91 Å². The number of amides is 1. The molecule has 8 heteroatoms. The number of fused-ring (bicyclic) bond motifs is 2. The number of aromatic amines is 1. The molecule has 21 heavy (non-hydrogen) atoms. The second kappa shape index (κ2) is 4.81. The van der Waals surface area contributed by atoms with E-state index in [-0.39, 0.29) is 11.9 Å². The Morgan fingerprint density at radius 2 is 2.38 bits per heavy atom. The summed E-state index contributed by atoms with van der Waals surface area (Å²) >= 11 is 1.48. The van der Waals surface area contributed by atoms with Crippen molar-refractivity contribution in [1.29, 1.82) is 0 Å². The number of nitrogens with zero attached hydrogens (tertiary/aromatic N) is 3. The van der Waals surface area contributed by atoms with Gasteiger partial charge in [-0.2, -0.15) is 0 Å². The molecule has 0 saturated carbocycles. The zero-order valence-corrected chi connectivity index (χ0v) is 12.2. The lowest BCUT2D eigenvalue weighted by atomic mass is 10.0. The molecule has 0 aliphatic carbocycles. The number of nitrogens with one attached hydrogen (secondary N) is 2. The molecule has 0 unspecified atom stereocenters. The van der Waals surface area contributed by atoms with Crippen LogP contribution in [0.1, 0.15) is 28.0 Å². The van der Waals surface area contributed by atoms with E-state index < -0.39 is 0 Å². The fourth-order valence-electron chi connectivity index (χ4n) is 3.01. The first kappa shape index (κ1) is 12.8. The van der Waals surface area contributed by atoms with Crippen molar-refractivity contribution in [3.05, 3.63) is 28.3 Å². The molecule has 0 aromatic carbocycles. The molecule has 0 radical (unpaired) electrons. The van der Waals surface area contributed by atoms with Crippen molar-refractivity contribution >= 4 is 22.4 Å². The Morgan fingerprint density at radius 3 is 3.29 bits per heavy atom. The Balaban J connectivity index is 1.57. The molecule has 2 aromatic rings. The van der Waals surface area contributed by atoms with Gasteiger partial charge in [0.15, 0.2) is 5.13 Å². The van der Waals surface area contributed by atoms with E-state index in [0.29, 0.717) is 18.2 Å². The maximum absolute atomic E-state index is 12.8. The Bertz CT molecular complexity index is 693. The van der Waals surface area contributed by atoms with Gasteiger partial charge in [-0.25, -0.2) is 9.97 Å². The average Bonchev–Trinajstić information content (AvgIpc) is 3.09. The molecule has 2 aliphatic heterocycles. The summed E-state index contributed by atoms with van der Waals surface area (Å²) < 4.78 is 0. The number of carbonyl (C=O) groups is 1. The van der Waals surface area contributed by atoms with Crippen molar-refractivity contribution in [2.45, 2.75) is 25.4 Å². The molecule has 1 amide bonds. The second-order valence-corrected chi connectivity index (χ2v) is 6.45. The van der Waals surface area contributed by atoms with Crippen LogP contribution in [0.4, 0.5) is 5.13 Å². The fourth-order valence-corrected chi connectivity index (χ4v) is 3.90. The normalized spacial score (nSPS) is 21.0. The first-order valence-electron chi connectivity index (χ1n) is 7.01. The van der Waals surface area contributed by atoms with Crippen molar-refractivity contribution in [3.63, 3.8) is 0 Å². The number of aromatic nitrogens is 3. The molecule has 0 bridgehead atoms. The molecule has 2 aromatic heterocycles. The average molecular weight is 304 g/mol. The van der Waals surface area contributed by atoms with Crippen LogP contribution in [0.5, 0.6) is 0 Å². The third kappa shape index (κ3) is 2.11. The molecule has 4 N–H and O–H groups in total. The predicted octanol–water partition coefficient (Wildman–Crippen LogP) is 0.220. The van der Waals surface area contributed by atoms with Crippen molar-refractivity contribution in [3.8, 4) is 0 Å². The molecule has 4 heterocycles. The quantitative estimate of drug-likeness (QED) is 0.700. The van der Waals surface area contributed by atoms with Gasteiger partial charge >= 0.3 is 0 Å². The molecule has 0 spiro atoms. The summed E-state index contributed by atoms with van der Waals surface area (Å²) in [6.07, 6.45) is 3.32. The summed E-state index contributed by atoms with van der Waals surface area (Å²) in [7, 11) is 0. The first-order chi connectivity index (χ1) is 10.2. The maximum atomic E-state index is 12.8. The highest BCUT2D eigenvalue weighted by atomic mass is 32.1. The molecule has 2 aliphatic rings. The van der Waals surface area contributed by atoms with E-state index in [1.807, 2.05) is 4.90 Å². The Morgan fingerprint density at radius 1 is 1.48 bits per heavy atom. The number of nitrogens with two attached hydrogens (primary N) is 1. The first-order valence-corrected chi connectivity index (χ1v) is 7.82. The lowest BCUT2D eigenvalue weighted by molar-refractivity contribution is -0.134. The number of thiazole rings is 1. The molecule has 1 atom stereocenters. The van der Waals surface area contributed by atoms with E-state index in [4.69, 9.17) is 5.73 Å². The van der Waals surface area contributed by atoms with Crippen LogP contribution in [-0.4, -0.2) is 38.8 Å². The molecule has 4 rings (SSSR count). The summed E-state index contributed by atoms with van der Waals surface area (Å²) in [5.41, 5.74) is 8.69. The predicted molar refractivity (Wildman–Crippen MR) is 78.7 cm³/mol. The van der Waals surface area contributed by atoms with Crippen LogP contribution in [0.3, 0.4) is 0 Å². The second-order valence-electron chi connectivity index (χ2n) is 5.34. The molecule has 0 saturated heterocycles. The van der Waals surface area contributed by atoms with E-state index >= 15 is 0 Å². The standard InChI is InChI=1S/C13H16N6OS/c14-13-18-7-2-4-19(5-9(7)21-13)12(20)11-10-8(1-3-15-11)16-6-17-10/h6,11,15H,1-5H2,(H2,14,18)(H,16,17)/t11-/m0/s1. The van der Waals surface area contributed by atoms with Crippen molar-refractivity contribution in [2.75, 3.05) is 18.8 Å². The summed E-state index contributed by atoms with van der Waals surface area (Å²) in [5, 5.41) is 3.86. The summed E-state index contributed by atoms with van der Waals surface area (Å²) in [4.78, 5) is 27.5. The van der Waals surface area contributed by atoms with Gasteiger partial charge in [-0.1, -0.05) is 0 Å². The van der Waals surface area contributed by atoms with Crippen LogP contribution < -0.4 is 11.1 Å². The van der Waals surface area contributed by atoms with Crippen LogP contribution in [0.2, 0.25) is 0 Å². The van der Waals surface area contributed by atoms with Gasteiger partial charge in [-0.3, -0.25) is 4.79 Å². The number of anilines is 1. The highest BCUT2D eigenvalue weighted by Crippen LogP contribution is 2.29. The van der Waals surface area contributed by atoms with Crippen molar-refractivity contribution in [1.82, 2.24) is 25.2 Å². The van der Waals surface area contributed by atoms with Gasteiger partial charge in [0.1, 0.15) is 6.04 Å². The van der Waals surface area contributed by atoms with Gasteiger partial charge in [0.05, 0.1) is 24.3 Å². The molecule has 7 nitrogen and oxygen atoms in total. The number of rotatable bonds is 1. The van der Waals surface area contributed by atoms with Gasteiger partial charge in [-0.15, -0.1) is 11.3 Å². The van der Waals surface area contributed by atoms with Gasteiger partial charge < -0.3 is 20.9 Å². The summed E-state index contributed by atoms with van der Waals surface area (Å²) in [5.74, 6) is 0.0840. The number of H-pyrrole nitrogens is 1. The number of imidazole rings is 1. The van der Waals surface area contributed by atoms with Crippen LogP contribution >= 0.6 is 11.3 Å². The van der Waals surface area contributed by atoms with E-state index in [9.17, 15) is 4.79 Å². The zero-order valence-electron chi connectivity index (χ0n) is 11.4. The van der Waals surface area contributed by atoms with Crippen LogP contribution in [0, 0.1) is 0 Å². The van der Waals surface area contributed by atoms with Crippen LogP contribution in [-0.2, 0) is 24.2 Å². The lowest BCUT2D eigenvalue weighted by Crippen LogP contribution is -2.45. The number of hydrogen-bond acceptors (Lipinski definition) is 6. The zero-order chi connectivity index (χ0) is 14.4. The van der Waals surface area contributed by atoms with Crippen LogP contribution in [0.15, 0.2) is 6.33 Å². The van der Waals surface area contributed by atoms with Gasteiger partial charge in [0.25, 0.3) is 0 Å². The number of nitrogen functional groups attached to an aromatic ring is 1. The van der Waals surface area contributed by atoms with Crippen molar-refractivity contribution < 1.29 is 4.79 Å². The van der Waals surface area contributed by atoms with E-state index in [0.717, 1.165) is 41.3 Å². The smallest absolute Gasteiger partial charge is 0.246 e. The summed E-state index contributed by atoms with van der Waals surface area (Å²) in [6, 6.07) is -0.341. The SMILES string of the molecule is Nc1nc2c(s1)CN(C(=O)[C@H]1NCCc3[nH]cnc31)CC2. The van der Waals surface area contributed by atoms with Crippen LogP contribution in [0.25, 0.3) is 0 Å². The van der Waals surface area contributed by atoms with Crippen molar-refractivity contribution in [2.24, 2.45) is 0 Å². The third-order valence-corrected chi connectivity index (χ3v) is 4.97. The highest BCUT2D eigenvalue weighted by Gasteiger charge is 2.33. The Kier molecular flexibility index (Phi) is 2.93. The molecular weight excluding hydrogens is 288 g/mol. The van der Waals surface area contributed by atoms with Gasteiger partial charge in [-0.05, 0) is 0 Å². The number of carbonyl (C=O) groups excluding carboxylic acids is 1. The summed E-state index contributed by atoms with van der Waals surface area (Å²) in [6.45, 7) is 2.08. The maximum Gasteiger partial charge on any atom is 0.246 e. The lowest BCUT2D eigenvalue weighted by Gasteiger charge is -2.31. The van der Waals surface area contributed by atoms with E-state index in [2.05, 4.69) is 20.3 Å². The molecular formula is C13H16N6OS. The van der Waals surface area contributed by atoms with E-state index in [1.54, 1.807) is 6.33 Å². The largest absolute Gasteiger partial charge is 0.375 e. The highest BCUT2D eigenvalue weighted by molar-refractivity contribution is 7.15. The molecule has 110 valence electrons. The third-order valence-electron chi connectivity index (χ3n) is 4.05. The topological polar surface area (TPSA) is 99.9 Å². The fraction of sp³-hybridized carbons (Fsp3) is 0.462. The molecule has 0 fully saturated rings. The minimum absolute atomic E-state index is 0.0840. The minimum Gasteiger partial charge on any atom is -0.375 e. The van der Waals surface area contributed by atoms with Gasteiger partial charge in [0, 0.05) is 36.5 Å². The Hall–Kier alpha value is -1.93. The number of hydrogen-bond donors (Lipinski definition) is 3. The Labute approximate surface area is 125 Å².